The lowest BCUT2D eigenvalue weighted by molar-refractivity contribution is 0.109. The number of aryl methyl sites for hydroxylation is 1. The van der Waals surface area contributed by atoms with Crippen LogP contribution in [0.4, 0.5) is 0 Å². The molecule has 0 bridgehead atoms. The van der Waals surface area contributed by atoms with Crippen molar-refractivity contribution in [1.29, 1.82) is 0 Å². The minimum absolute atomic E-state index is 0.471. The number of halogens is 1. The van der Waals surface area contributed by atoms with Gasteiger partial charge in [-0.25, -0.2) is 4.68 Å². The van der Waals surface area contributed by atoms with Gasteiger partial charge in [-0.05, 0) is 52.2 Å². The third kappa shape index (κ3) is 3.27. The fraction of sp³-hybridized carbons (Fsp3) is 0.444. The van der Waals surface area contributed by atoms with Crippen LogP contribution in [-0.4, -0.2) is 33.1 Å². The van der Waals surface area contributed by atoms with Crippen LogP contribution in [0, 0.1) is 6.92 Å². The highest BCUT2D eigenvalue weighted by atomic mass is 35.5. The molecule has 1 aliphatic rings. The Kier molecular flexibility index (Phi) is 4.71. The van der Waals surface area contributed by atoms with Crippen LogP contribution in [0.5, 0.6) is 0 Å². The van der Waals surface area contributed by atoms with Gasteiger partial charge >= 0.3 is 0 Å². The molecule has 5 heteroatoms. The maximum atomic E-state index is 6.55. The molecule has 0 spiro atoms. The quantitative estimate of drug-likeness (QED) is 0.780. The van der Waals surface area contributed by atoms with Crippen molar-refractivity contribution in [2.75, 3.05) is 0 Å². The summed E-state index contributed by atoms with van der Waals surface area (Å²) in [7, 11) is 0. The number of piperidine rings is 1. The zero-order chi connectivity index (χ0) is 16.4. The van der Waals surface area contributed by atoms with E-state index in [9.17, 15) is 0 Å². The van der Waals surface area contributed by atoms with Crippen molar-refractivity contribution < 1.29 is 0 Å². The minimum atomic E-state index is 0.471. The first kappa shape index (κ1) is 16.1. The molecule has 3 rings (SSSR count). The summed E-state index contributed by atoms with van der Waals surface area (Å²) in [4.78, 5) is 0. The fourth-order valence-electron chi connectivity index (χ4n) is 3.16. The molecule has 1 aromatic carbocycles. The summed E-state index contributed by atoms with van der Waals surface area (Å²) in [6, 6.07) is 10.9. The van der Waals surface area contributed by atoms with Gasteiger partial charge in [0.05, 0.1) is 23.2 Å². The Morgan fingerprint density at radius 2 is 1.83 bits per heavy atom. The molecule has 1 aliphatic heterocycles. The first-order chi connectivity index (χ1) is 11.1. The van der Waals surface area contributed by atoms with E-state index in [2.05, 4.69) is 24.0 Å². The third-order valence-electron chi connectivity index (χ3n) is 4.52. The number of para-hydroxylation sites is 1. The Hall–Kier alpha value is -1.81. The van der Waals surface area contributed by atoms with Crippen LogP contribution in [0.3, 0.4) is 0 Å². The molecule has 4 nitrogen and oxygen atoms in total. The second-order valence-electron chi connectivity index (χ2n) is 6.29. The molecular weight excluding hydrogens is 308 g/mol. The summed E-state index contributed by atoms with van der Waals surface area (Å²) in [6.07, 6.45) is 5.53. The Balaban J connectivity index is 1.89. The van der Waals surface area contributed by atoms with Crippen molar-refractivity contribution in [2.24, 2.45) is 5.10 Å². The molecule has 0 saturated carbocycles. The Labute approximate surface area is 142 Å². The van der Waals surface area contributed by atoms with Crippen LogP contribution < -0.4 is 0 Å². The highest BCUT2D eigenvalue weighted by Gasteiger charge is 2.23. The molecule has 2 aromatic rings. The van der Waals surface area contributed by atoms with Crippen molar-refractivity contribution in [3.05, 3.63) is 46.7 Å². The smallest absolute Gasteiger partial charge is 0.142 e. The van der Waals surface area contributed by atoms with Crippen molar-refractivity contribution >= 4 is 17.8 Å². The van der Waals surface area contributed by atoms with Gasteiger partial charge in [0, 0.05) is 12.1 Å². The number of rotatable bonds is 3. The number of benzene rings is 1. The second-order valence-corrected chi connectivity index (χ2v) is 6.65. The van der Waals surface area contributed by atoms with Crippen LogP contribution in [0.1, 0.15) is 44.4 Å². The molecule has 2 atom stereocenters. The van der Waals surface area contributed by atoms with Crippen LogP contribution in [-0.2, 0) is 0 Å². The summed E-state index contributed by atoms with van der Waals surface area (Å²) < 4.78 is 1.77. The largest absolute Gasteiger partial charge is 0.292 e. The Morgan fingerprint density at radius 1 is 1.17 bits per heavy atom. The number of hydrogen-bond donors (Lipinski definition) is 0. The van der Waals surface area contributed by atoms with Crippen molar-refractivity contribution in [1.82, 2.24) is 14.8 Å². The van der Waals surface area contributed by atoms with Crippen LogP contribution in [0.25, 0.3) is 5.69 Å². The summed E-state index contributed by atoms with van der Waals surface area (Å²) >= 11 is 6.55. The zero-order valence-electron chi connectivity index (χ0n) is 13.9. The average Bonchev–Trinajstić information content (AvgIpc) is 2.83. The van der Waals surface area contributed by atoms with E-state index >= 15 is 0 Å². The SMILES string of the molecule is Cc1nn(-c2ccccc2)c(Cl)c1C=NN1[C@H](C)CCC[C@H]1C. The summed E-state index contributed by atoms with van der Waals surface area (Å²) in [5.41, 5.74) is 2.74. The van der Waals surface area contributed by atoms with Crippen LogP contribution in [0.15, 0.2) is 35.4 Å². The zero-order valence-corrected chi connectivity index (χ0v) is 14.7. The maximum Gasteiger partial charge on any atom is 0.142 e. The molecule has 0 aliphatic carbocycles. The number of hydrazone groups is 1. The highest BCUT2D eigenvalue weighted by Crippen LogP contribution is 2.25. The lowest BCUT2D eigenvalue weighted by Gasteiger charge is -2.36. The van der Waals surface area contributed by atoms with Gasteiger partial charge in [-0.3, -0.25) is 5.01 Å². The Bertz CT molecular complexity index is 683. The van der Waals surface area contributed by atoms with Gasteiger partial charge in [-0.2, -0.15) is 10.2 Å². The number of aromatic nitrogens is 2. The van der Waals surface area contributed by atoms with Crippen molar-refractivity contribution in [2.45, 2.75) is 52.1 Å². The lowest BCUT2D eigenvalue weighted by Crippen LogP contribution is -2.39. The monoisotopic (exact) mass is 330 g/mol. The first-order valence-electron chi connectivity index (χ1n) is 8.20. The summed E-state index contributed by atoms with van der Waals surface area (Å²) in [6.45, 7) is 6.43. The van der Waals surface area contributed by atoms with Crippen LogP contribution >= 0.6 is 11.6 Å². The molecule has 122 valence electrons. The maximum absolute atomic E-state index is 6.55. The molecule has 0 radical (unpaired) electrons. The predicted molar refractivity (Wildman–Crippen MR) is 95.5 cm³/mol. The second kappa shape index (κ2) is 6.75. The van der Waals surface area contributed by atoms with Crippen molar-refractivity contribution in [3.63, 3.8) is 0 Å². The molecule has 0 N–H and O–H groups in total. The molecule has 0 unspecified atom stereocenters. The number of hydrogen-bond acceptors (Lipinski definition) is 3. The molecule has 2 heterocycles. The van der Waals surface area contributed by atoms with Gasteiger partial charge < -0.3 is 0 Å². The van der Waals surface area contributed by atoms with Gasteiger partial charge in [0.2, 0.25) is 0 Å². The summed E-state index contributed by atoms with van der Waals surface area (Å²) in [5.74, 6) is 0. The van der Waals surface area contributed by atoms with Gasteiger partial charge in [0.15, 0.2) is 0 Å². The lowest BCUT2D eigenvalue weighted by atomic mass is 10.00. The van der Waals surface area contributed by atoms with Gasteiger partial charge in [0.25, 0.3) is 0 Å². The normalized spacial score (nSPS) is 22.0. The molecule has 23 heavy (non-hydrogen) atoms. The van der Waals surface area contributed by atoms with Gasteiger partial charge in [0.1, 0.15) is 5.15 Å². The predicted octanol–water partition coefficient (Wildman–Crippen LogP) is 4.43. The average molecular weight is 331 g/mol. The van der Waals surface area contributed by atoms with Crippen molar-refractivity contribution in [3.8, 4) is 5.69 Å². The van der Waals surface area contributed by atoms with E-state index in [0.717, 1.165) is 16.9 Å². The minimum Gasteiger partial charge on any atom is -0.292 e. The van der Waals surface area contributed by atoms with E-state index in [1.807, 2.05) is 43.5 Å². The molecular formula is C18H23ClN4. The van der Waals surface area contributed by atoms with E-state index in [-0.39, 0.29) is 0 Å². The fourth-order valence-corrected chi connectivity index (χ4v) is 3.48. The first-order valence-corrected chi connectivity index (χ1v) is 8.58. The van der Waals surface area contributed by atoms with E-state index in [1.165, 1.54) is 19.3 Å². The van der Waals surface area contributed by atoms with Gasteiger partial charge in [-0.15, -0.1) is 0 Å². The number of nitrogens with zero attached hydrogens (tertiary/aromatic N) is 4. The standard InChI is InChI=1S/C18H23ClN4/c1-13-8-7-9-14(2)22(13)20-12-17-15(3)21-23(18(17)19)16-10-5-4-6-11-16/h4-6,10-14H,7-9H2,1-3H3/t13-,14-/m1/s1. The van der Waals surface area contributed by atoms with E-state index in [4.69, 9.17) is 16.7 Å². The highest BCUT2D eigenvalue weighted by molar-refractivity contribution is 6.32. The summed E-state index contributed by atoms with van der Waals surface area (Å²) in [5, 5.41) is 12.1. The van der Waals surface area contributed by atoms with E-state index in [1.54, 1.807) is 4.68 Å². The topological polar surface area (TPSA) is 33.4 Å². The Morgan fingerprint density at radius 3 is 2.48 bits per heavy atom. The molecule has 0 amide bonds. The molecule has 1 saturated heterocycles. The van der Waals surface area contributed by atoms with Crippen LogP contribution in [0.2, 0.25) is 5.15 Å². The van der Waals surface area contributed by atoms with E-state index in [0.29, 0.717) is 17.2 Å². The van der Waals surface area contributed by atoms with E-state index < -0.39 is 0 Å². The molecule has 1 aromatic heterocycles. The third-order valence-corrected chi connectivity index (χ3v) is 4.88. The molecule has 1 fully saturated rings. The van der Waals surface area contributed by atoms with Gasteiger partial charge in [-0.1, -0.05) is 29.8 Å².